The molecule has 0 aliphatic carbocycles. The van der Waals surface area contributed by atoms with E-state index in [1.165, 1.54) is 22.3 Å². The number of hydrogen-bond donors (Lipinski definition) is 1. The van der Waals surface area contributed by atoms with Gasteiger partial charge in [-0.3, -0.25) is 0 Å². The van der Waals surface area contributed by atoms with Gasteiger partial charge in [0.15, 0.2) is 0 Å². The van der Waals surface area contributed by atoms with Crippen molar-refractivity contribution in [1.29, 1.82) is 0 Å². The Morgan fingerprint density at radius 2 is 1.20 bits per heavy atom. The van der Waals surface area contributed by atoms with Gasteiger partial charge in [-0.05, 0) is 69.4 Å². The minimum atomic E-state index is -0.959. The van der Waals surface area contributed by atoms with Crippen LogP contribution in [0.5, 0.6) is 0 Å². The summed E-state index contributed by atoms with van der Waals surface area (Å²) in [4.78, 5) is 0. The van der Waals surface area contributed by atoms with Crippen molar-refractivity contribution in [3.8, 4) is 0 Å². The van der Waals surface area contributed by atoms with E-state index in [0.717, 1.165) is 16.7 Å². The lowest BCUT2D eigenvalue weighted by atomic mass is 9.83. The zero-order valence-electron chi connectivity index (χ0n) is 13.3. The quantitative estimate of drug-likeness (QED) is 0.851. The third-order valence-corrected chi connectivity index (χ3v) is 4.15. The molecule has 0 spiro atoms. The molecule has 2 aromatic carbocycles. The maximum Gasteiger partial charge on any atom is 0.112 e. The van der Waals surface area contributed by atoms with E-state index in [0.29, 0.717) is 0 Å². The van der Waals surface area contributed by atoms with Crippen LogP contribution in [0.1, 0.15) is 45.9 Å². The van der Waals surface area contributed by atoms with Gasteiger partial charge in [-0.2, -0.15) is 0 Å². The molecule has 0 aromatic heterocycles. The van der Waals surface area contributed by atoms with E-state index in [4.69, 9.17) is 0 Å². The highest BCUT2D eigenvalue weighted by atomic mass is 16.3. The van der Waals surface area contributed by atoms with E-state index < -0.39 is 5.60 Å². The van der Waals surface area contributed by atoms with Crippen LogP contribution in [0, 0.1) is 34.6 Å². The predicted octanol–water partition coefficient (Wildman–Crippen LogP) is 4.48. The van der Waals surface area contributed by atoms with E-state index in [1.54, 1.807) is 0 Å². The first-order valence-electron chi connectivity index (χ1n) is 7.11. The molecule has 1 heteroatoms. The Labute approximate surface area is 122 Å². The molecule has 1 N–H and O–H groups in total. The van der Waals surface area contributed by atoms with Gasteiger partial charge in [0.05, 0.1) is 0 Å². The fraction of sp³-hybridized carbons (Fsp3) is 0.368. The van der Waals surface area contributed by atoms with E-state index in [9.17, 15) is 5.11 Å². The lowest BCUT2D eigenvalue weighted by Crippen LogP contribution is -2.24. The highest BCUT2D eigenvalue weighted by molar-refractivity contribution is 5.46. The van der Waals surface area contributed by atoms with Crippen molar-refractivity contribution in [1.82, 2.24) is 0 Å². The van der Waals surface area contributed by atoms with E-state index >= 15 is 0 Å². The molecule has 0 aliphatic heterocycles. The van der Waals surface area contributed by atoms with E-state index in [1.807, 2.05) is 6.92 Å². The van der Waals surface area contributed by atoms with Crippen LogP contribution in [-0.2, 0) is 5.60 Å². The van der Waals surface area contributed by atoms with E-state index in [2.05, 4.69) is 65.0 Å². The van der Waals surface area contributed by atoms with Gasteiger partial charge in [-0.25, -0.2) is 0 Å². The molecule has 2 rings (SSSR count). The van der Waals surface area contributed by atoms with Crippen LogP contribution in [0.15, 0.2) is 30.3 Å². The van der Waals surface area contributed by atoms with Crippen LogP contribution < -0.4 is 0 Å². The third-order valence-electron chi connectivity index (χ3n) is 4.15. The summed E-state index contributed by atoms with van der Waals surface area (Å²) in [7, 11) is 0. The molecule has 1 atom stereocenters. The lowest BCUT2D eigenvalue weighted by Gasteiger charge is -2.28. The fourth-order valence-electron chi connectivity index (χ4n) is 2.90. The fourth-order valence-corrected chi connectivity index (χ4v) is 2.90. The van der Waals surface area contributed by atoms with Gasteiger partial charge in [0.2, 0.25) is 0 Å². The Balaban J connectivity index is 2.62. The molecular formula is C19H24O. The second-order valence-corrected chi connectivity index (χ2v) is 6.20. The molecule has 0 amide bonds. The molecule has 2 aromatic rings. The summed E-state index contributed by atoms with van der Waals surface area (Å²) in [5.41, 5.74) is 6.98. The van der Waals surface area contributed by atoms with Crippen LogP contribution in [-0.4, -0.2) is 5.11 Å². The van der Waals surface area contributed by atoms with Crippen LogP contribution in [0.25, 0.3) is 0 Å². The summed E-state index contributed by atoms with van der Waals surface area (Å²) in [5.74, 6) is 0. The number of hydrogen-bond acceptors (Lipinski definition) is 1. The summed E-state index contributed by atoms with van der Waals surface area (Å²) in [6.07, 6.45) is 0. The molecule has 0 bridgehead atoms. The third kappa shape index (κ3) is 2.64. The topological polar surface area (TPSA) is 20.2 Å². The van der Waals surface area contributed by atoms with Crippen molar-refractivity contribution in [2.45, 2.75) is 47.1 Å². The molecule has 0 radical (unpaired) electrons. The molecule has 0 fully saturated rings. The van der Waals surface area contributed by atoms with Crippen molar-refractivity contribution in [3.05, 3.63) is 69.3 Å². The van der Waals surface area contributed by atoms with Gasteiger partial charge in [-0.15, -0.1) is 0 Å². The molecule has 20 heavy (non-hydrogen) atoms. The summed E-state index contributed by atoms with van der Waals surface area (Å²) < 4.78 is 0. The van der Waals surface area contributed by atoms with Gasteiger partial charge in [0.1, 0.15) is 5.60 Å². The van der Waals surface area contributed by atoms with Gasteiger partial charge < -0.3 is 5.11 Å². The monoisotopic (exact) mass is 268 g/mol. The van der Waals surface area contributed by atoms with E-state index in [-0.39, 0.29) is 0 Å². The minimum Gasteiger partial charge on any atom is -0.381 e. The summed E-state index contributed by atoms with van der Waals surface area (Å²) in [6.45, 7) is 12.3. The van der Waals surface area contributed by atoms with Gasteiger partial charge in [-0.1, -0.05) is 41.5 Å². The van der Waals surface area contributed by atoms with Crippen molar-refractivity contribution in [2.75, 3.05) is 0 Å². The van der Waals surface area contributed by atoms with Crippen LogP contribution in [0.4, 0.5) is 0 Å². The average Bonchev–Trinajstić information content (AvgIpc) is 2.32. The largest absolute Gasteiger partial charge is 0.381 e. The lowest BCUT2D eigenvalue weighted by molar-refractivity contribution is 0.101. The molecular weight excluding hydrogens is 244 g/mol. The molecule has 106 valence electrons. The van der Waals surface area contributed by atoms with Crippen molar-refractivity contribution >= 4 is 0 Å². The first kappa shape index (κ1) is 14.8. The molecule has 1 nitrogen and oxygen atoms in total. The minimum absolute atomic E-state index is 0.959. The number of benzene rings is 2. The second-order valence-electron chi connectivity index (χ2n) is 6.20. The van der Waals surface area contributed by atoms with Crippen LogP contribution in [0.3, 0.4) is 0 Å². The van der Waals surface area contributed by atoms with Crippen LogP contribution >= 0.6 is 0 Å². The van der Waals surface area contributed by atoms with Crippen molar-refractivity contribution < 1.29 is 5.11 Å². The number of rotatable bonds is 2. The second kappa shape index (κ2) is 5.06. The summed E-state index contributed by atoms with van der Waals surface area (Å²) >= 11 is 0. The number of aliphatic hydroxyl groups is 1. The Morgan fingerprint density at radius 1 is 0.700 bits per heavy atom. The van der Waals surface area contributed by atoms with Crippen molar-refractivity contribution in [3.63, 3.8) is 0 Å². The summed E-state index contributed by atoms with van der Waals surface area (Å²) in [5, 5.41) is 11.1. The Kier molecular flexibility index (Phi) is 3.75. The van der Waals surface area contributed by atoms with Crippen LogP contribution in [0.2, 0.25) is 0 Å². The Bertz CT molecular complexity index is 631. The number of aryl methyl sites for hydroxylation is 5. The Hall–Kier alpha value is -1.60. The molecule has 0 heterocycles. The average molecular weight is 268 g/mol. The zero-order chi connectivity index (χ0) is 15.1. The zero-order valence-corrected chi connectivity index (χ0v) is 13.3. The van der Waals surface area contributed by atoms with Gasteiger partial charge in [0, 0.05) is 0 Å². The van der Waals surface area contributed by atoms with Crippen molar-refractivity contribution in [2.24, 2.45) is 0 Å². The maximum atomic E-state index is 11.1. The standard InChI is InChI=1S/C19H24O/c1-12-7-13(2)9-17(8-12)19(6,20)18-11-15(4)14(3)10-16(18)5/h7-11,20H,1-6H3. The normalized spacial score (nSPS) is 14.2. The SMILES string of the molecule is Cc1cc(C)cc(C(C)(O)c2cc(C)c(C)cc2C)c1. The first-order chi connectivity index (χ1) is 9.21. The highest BCUT2D eigenvalue weighted by Gasteiger charge is 2.28. The first-order valence-corrected chi connectivity index (χ1v) is 7.11. The highest BCUT2D eigenvalue weighted by Crippen LogP contribution is 2.33. The summed E-state index contributed by atoms with van der Waals surface area (Å²) in [6, 6.07) is 10.5. The maximum absolute atomic E-state index is 11.1. The van der Waals surface area contributed by atoms with Gasteiger partial charge >= 0.3 is 0 Å². The smallest absolute Gasteiger partial charge is 0.112 e. The molecule has 0 saturated carbocycles. The predicted molar refractivity (Wildman–Crippen MR) is 85.2 cm³/mol. The molecule has 1 unspecified atom stereocenters. The van der Waals surface area contributed by atoms with Gasteiger partial charge in [0.25, 0.3) is 0 Å². The Morgan fingerprint density at radius 3 is 1.75 bits per heavy atom. The molecule has 0 aliphatic rings. The molecule has 0 saturated heterocycles.